The molecule has 0 aliphatic carbocycles. The first-order valence-corrected chi connectivity index (χ1v) is 6.71. The monoisotopic (exact) mass is 272 g/mol. The molecular formula is C15H20N4O. The number of benzene rings is 1. The summed E-state index contributed by atoms with van der Waals surface area (Å²) in [5, 5.41) is 8.09. The molecule has 1 aromatic heterocycles. The first kappa shape index (κ1) is 14.4. The first-order chi connectivity index (χ1) is 9.83. The molecule has 1 aromatic carbocycles. The van der Waals surface area contributed by atoms with Crippen LogP contribution in [0.5, 0.6) is 5.88 Å². The lowest BCUT2D eigenvalue weighted by Crippen LogP contribution is -2.29. The Morgan fingerprint density at radius 3 is 2.55 bits per heavy atom. The topological polar surface area (TPSA) is 73.1 Å². The summed E-state index contributed by atoms with van der Waals surface area (Å²) in [5.41, 5.74) is 4.97. The predicted molar refractivity (Wildman–Crippen MR) is 78.0 cm³/mol. The number of nitrogens with zero attached hydrogens (tertiary/aromatic N) is 2. The van der Waals surface area contributed by atoms with Crippen LogP contribution in [0.25, 0.3) is 0 Å². The fourth-order valence-corrected chi connectivity index (χ4v) is 2.10. The second-order valence-corrected chi connectivity index (χ2v) is 4.60. The van der Waals surface area contributed by atoms with Crippen molar-refractivity contribution in [1.82, 2.24) is 15.6 Å². The van der Waals surface area contributed by atoms with E-state index in [4.69, 9.17) is 10.6 Å². The second kappa shape index (κ2) is 7.57. The zero-order chi connectivity index (χ0) is 14.2. The van der Waals surface area contributed by atoms with Gasteiger partial charge in [-0.2, -0.15) is 5.10 Å². The van der Waals surface area contributed by atoms with Gasteiger partial charge in [0.25, 0.3) is 0 Å². The van der Waals surface area contributed by atoms with E-state index in [1.165, 1.54) is 5.56 Å². The van der Waals surface area contributed by atoms with E-state index in [9.17, 15) is 0 Å². The Bertz CT molecular complexity index is 501. The quantitative estimate of drug-likeness (QED) is 0.596. The summed E-state index contributed by atoms with van der Waals surface area (Å²) >= 11 is 0. The number of aryl methyl sites for hydroxylation is 1. The van der Waals surface area contributed by atoms with Crippen molar-refractivity contribution in [2.45, 2.75) is 25.3 Å². The van der Waals surface area contributed by atoms with E-state index in [0.29, 0.717) is 5.88 Å². The maximum Gasteiger partial charge on any atom is 0.233 e. The number of methoxy groups -OCH3 is 1. The average Bonchev–Trinajstić information content (AvgIpc) is 2.53. The van der Waals surface area contributed by atoms with E-state index >= 15 is 0 Å². The summed E-state index contributed by atoms with van der Waals surface area (Å²) in [7, 11) is 1.57. The van der Waals surface area contributed by atoms with E-state index in [0.717, 1.165) is 25.0 Å². The molecular weight excluding hydrogens is 252 g/mol. The number of rotatable bonds is 7. The minimum Gasteiger partial charge on any atom is -0.480 e. The zero-order valence-corrected chi connectivity index (χ0v) is 11.6. The van der Waals surface area contributed by atoms with Gasteiger partial charge >= 0.3 is 0 Å². The third kappa shape index (κ3) is 4.01. The molecule has 0 aliphatic rings. The summed E-state index contributed by atoms with van der Waals surface area (Å²) in [6.45, 7) is 0. The molecule has 3 N–H and O–H groups in total. The molecule has 1 heterocycles. The van der Waals surface area contributed by atoms with Crippen LogP contribution in [0.1, 0.15) is 30.1 Å². The van der Waals surface area contributed by atoms with Crippen LogP contribution in [0, 0.1) is 0 Å². The number of hydrogen-bond donors (Lipinski definition) is 2. The molecule has 0 saturated heterocycles. The van der Waals surface area contributed by atoms with E-state index in [-0.39, 0.29) is 6.04 Å². The Balaban J connectivity index is 1.88. The van der Waals surface area contributed by atoms with Crippen molar-refractivity contribution in [3.8, 4) is 5.88 Å². The Morgan fingerprint density at radius 1 is 1.15 bits per heavy atom. The highest BCUT2D eigenvalue weighted by molar-refractivity contribution is 5.16. The predicted octanol–water partition coefficient (Wildman–Crippen LogP) is 2.01. The number of nitrogens with one attached hydrogen (secondary N) is 1. The fourth-order valence-electron chi connectivity index (χ4n) is 2.10. The molecule has 0 saturated carbocycles. The molecule has 106 valence electrons. The molecule has 0 spiro atoms. The SMILES string of the molecule is COc1ccc(C(CCCc2ccccc2)NN)nn1. The van der Waals surface area contributed by atoms with Gasteiger partial charge in [0.1, 0.15) is 0 Å². The maximum absolute atomic E-state index is 5.61. The maximum atomic E-state index is 5.61. The largest absolute Gasteiger partial charge is 0.480 e. The van der Waals surface area contributed by atoms with Crippen LogP contribution in [0.3, 0.4) is 0 Å². The summed E-state index contributed by atoms with van der Waals surface area (Å²) < 4.78 is 5.00. The average molecular weight is 272 g/mol. The van der Waals surface area contributed by atoms with Gasteiger partial charge in [0.15, 0.2) is 0 Å². The van der Waals surface area contributed by atoms with Crippen molar-refractivity contribution in [2.24, 2.45) is 5.84 Å². The molecule has 5 nitrogen and oxygen atoms in total. The molecule has 2 aromatic rings. The minimum absolute atomic E-state index is 0.0112. The van der Waals surface area contributed by atoms with Crippen LogP contribution in [0.2, 0.25) is 0 Å². The smallest absolute Gasteiger partial charge is 0.233 e. The normalized spacial score (nSPS) is 12.1. The molecule has 0 amide bonds. The fraction of sp³-hybridized carbons (Fsp3) is 0.333. The Hall–Kier alpha value is -1.98. The van der Waals surface area contributed by atoms with Gasteiger partial charge in [0.05, 0.1) is 18.8 Å². The van der Waals surface area contributed by atoms with Crippen LogP contribution in [0.4, 0.5) is 0 Å². The number of hydrazine groups is 1. The highest BCUT2D eigenvalue weighted by Crippen LogP contribution is 2.18. The van der Waals surface area contributed by atoms with Crippen molar-refractivity contribution >= 4 is 0 Å². The minimum atomic E-state index is 0.0112. The summed E-state index contributed by atoms with van der Waals surface area (Å²) in [6.07, 6.45) is 2.97. The molecule has 0 radical (unpaired) electrons. The van der Waals surface area contributed by atoms with Crippen molar-refractivity contribution in [1.29, 1.82) is 0 Å². The third-order valence-corrected chi connectivity index (χ3v) is 3.23. The van der Waals surface area contributed by atoms with Gasteiger partial charge in [-0.3, -0.25) is 11.3 Å². The molecule has 20 heavy (non-hydrogen) atoms. The molecule has 5 heteroatoms. The van der Waals surface area contributed by atoms with Gasteiger partial charge in [-0.25, -0.2) is 0 Å². The van der Waals surface area contributed by atoms with Crippen molar-refractivity contribution < 1.29 is 4.74 Å². The van der Waals surface area contributed by atoms with Gasteiger partial charge in [0, 0.05) is 6.07 Å². The van der Waals surface area contributed by atoms with Crippen molar-refractivity contribution in [3.05, 3.63) is 53.7 Å². The van der Waals surface area contributed by atoms with Crippen molar-refractivity contribution in [2.75, 3.05) is 7.11 Å². The highest BCUT2D eigenvalue weighted by Gasteiger charge is 2.11. The van der Waals surface area contributed by atoms with Crippen LogP contribution < -0.4 is 16.0 Å². The number of ether oxygens (including phenoxy) is 1. The summed E-state index contributed by atoms with van der Waals surface area (Å²) in [5.74, 6) is 6.11. The summed E-state index contributed by atoms with van der Waals surface area (Å²) in [4.78, 5) is 0. The number of nitrogens with two attached hydrogens (primary N) is 1. The van der Waals surface area contributed by atoms with Crippen LogP contribution in [-0.4, -0.2) is 17.3 Å². The highest BCUT2D eigenvalue weighted by atomic mass is 16.5. The lowest BCUT2D eigenvalue weighted by molar-refractivity contribution is 0.388. The Morgan fingerprint density at radius 2 is 1.95 bits per heavy atom. The molecule has 1 unspecified atom stereocenters. The Kier molecular flexibility index (Phi) is 5.46. The lowest BCUT2D eigenvalue weighted by Gasteiger charge is -2.14. The van der Waals surface area contributed by atoms with Crippen LogP contribution in [-0.2, 0) is 6.42 Å². The standard InChI is InChI=1S/C15H20N4O/c1-20-15-11-10-14(18-19-15)13(17-16)9-5-8-12-6-3-2-4-7-12/h2-4,6-7,10-11,13,17H,5,8-9,16H2,1H3. The third-order valence-electron chi connectivity index (χ3n) is 3.23. The zero-order valence-electron chi connectivity index (χ0n) is 11.6. The van der Waals surface area contributed by atoms with Gasteiger partial charge in [-0.05, 0) is 30.9 Å². The van der Waals surface area contributed by atoms with Crippen molar-refractivity contribution in [3.63, 3.8) is 0 Å². The van der Waals surface area contributed by atoms with Gasteiger partial charge in [0.2, 0.25) is 5.88 Å². The van der Waals surface area contributed by atoms with Crippen LogP contribution in [0.15, 0.2) is 42.5 Å². The molecule has 1 atom stereocenters. The molecule has 0 bridgehead atoms. The van der Waals surface area contributed by atoms with E-state index in [1.54, 1.807) is 13.2 Å². The first-order valence-electron chi connectivity index (χ1n) is 6.71. The summed E-state index contributed by atoms with van der Waals surface area (Å²) in [6, 6.07) is 14.1. The molecule has 0 fully saturated rings. The van der Waals surface area contributed by atoms with E-state index in [2.05, 4.69) is 39.9 Å². The second-order valence-electron chi connectivity index (χ2n) is 4.60. The number of aromatic nitrogens is 2. The van der Waals surface area contributed by atoms with Gasteiger partial charge in [-0.1, -0.05) is 30.3 Å². The molecule has 2 rings (SSSR count). The van der Waals surface area contributed by atoms with Gasteiger partial charge < -0.3 is 4.74 Å². The van der Waals surface area contributed by atoms with Gasteiger partial charge in [-0.15, -0.1) is 5.10 Å². The van der Waals surface area contributed by atoms with E-state index in [1.807, 2.05) is 12.1 Å². The Labute approximate surface area is 119 Å². The van der Waals surface area contributed by atoms with Crippen LogP contribution >= 0.6 is 0 Å². The van der Waals surface area contributed by atoms with E-state index < -0.39 is 0 Å². The number of hydrogen-bond acceptors (Lipinski definition) is 5. The molecule has 0 aliphatic heterocycles. The lowest BCUT2D eigenvalue weighted by atomic mass is 10.0.